The van der Waals surface area contributed by atoms with Crippen LogP contribution < -0.4 is 0 Å². The second-order valence-electron chi connectivity index (χ2n) is 5.88. The molecule has 1 heterocycles. The number of hydrogen-bond acceptors (Lipinski definition) is 3. The van der Waals surface area contributed by atoms with Gasteiger partial charge in [0.1, 0.15) is 0 Å². The molecule has 0 amide bonds. The van der Waals surface area contributed by atoms with Crippen LogP contribution >= 0.6 is 11.6 Å². The van der Waals surface area contributed by atoms with Crippen molar-refractivity contribution in [1.82, 2.24) is 9.21 Å². The zero-order chi connectivity index (χ0) is 18.0. The molecule has 8 heteroatoms. The maximum atomic E-state index is 13.3. The zero-order valence-electron chi connectivity index (χ0n) is 13.3. The summed E-state index contributed by atoms with van der Waals surface area (Å²) in [4.78, 5) is 1.91. The predicted octanol–water partition coefficient (Wildman–Crippen LogP) is 3.12. The van der Waals surface area contributed by atoms with Crippen molar-refractivity contribution in [2.75, 3.05) is 26.2 Å². The summed E-state index contributed by atoms with van der Waals surface area (Å²) in [5.41, 5.74) is 1.10. The summed E-state index contributed by atoms with van der Waals surface area (Å²) < 4.78 is 52.8. The van der Waals surface area contributed by atoms with Crippen LogP contribution in [-0.2, 0) is 16.6 Å². The summed E-state index contributed by atoms with van der Waals surface area (Å²) in [5, 5.41) is 0.672. The molecule has 1 saturated heterocycles. The van der Waals surface area contributed by atoms with E-state index < -0.39 is 21.7 Å². The lowest BCUT2D eigenvalue weighted by Gasteiger charge is -2.34. The molecule has 0 radical (unpaired) electrons. The lowest BCUT2D eigenvalue weighted by molar-refractivity contribution is 0.181. The van der Waals surface area contributed by atoms with Crippen LogP contribution in [0.5, 0.6) is 0 Å². The standard InChI is InChI=1S/C17H17ClF2N2O2S/c18-14-3-1-13(2-4-14)12-21-7-9-22(10-8-21)25(23,24)15-5-6-16(19)17(20)11-15/h1-6,11H,7-10,12H2. The maximum Gasteiger partial charge on any atom is 0.243 e. The molecule has 0 saturated carbocycles. The molecule has 4 nitrogen and oxygen atoms in total. The number of sulfonamides is 1. The highest BCUT2D eigenvalue weighted by Gasteiger charge is 2.29. The van der Waals surface area contributed by atoms with E-state index in [1.807, 2.05) is 24.3 Å². The largest absolute Gasteiger partial charge is 0.296 e. The monoisotopic (exact) mass is 386 g/mol. The first-order chi connectivity index (χ1) is 11.9. The third-order valence-corrected chi connectivity index (χ3v) is 6.33. The zero-order valence-corrected chi connectivity index (χ0v) is 14.9. The van der Waals surface area contributed by atoms with Crippen LogP contribution in [0.3, 0.4) is 0 Å². The lowest BCUT2D eigenvalue weighted by Crippen LogP contribution is -2.48. The Morgan fingerprint density at radius 3 is 2.16 bits per heavy atom. The Hall–Kier alpha value is -1.54. The van der Waals surface area contributed by atoms with Gasteiger partial charge in [-0.2, -0.15) is 4.31 Å². The number of nitrogens with zero attached hydrogens (tertiary/aromatic N) is 2. The summed E-state index contributed by atoms with van der Waals surface area (Å²) in [6.07, 6.45) is 0. The Balaban J connectivity index is 1.64. The highest BCUT2D eigenvalue weighted by atomic mass is 35.5. The quantitative estimate of drug-likeness (QED) is 0.810. The average Bonchev–Trinajstić information content (AvgIpc) is 2.60. The van der Waals surface area contributed by atoms with Crippen LogP contribution in [0.4, 0.5) is 8.78 Å². The average molecular weight is 387 g/mol. The third kappa shape index (κ3) is 4.17. The first kappa shape index (κ1) is 18.3. The highest BCUT2D eigenvalue weighted by Crippen LogP contribution is 2.20. The maximum absolute atomic E-state index is 13.3. The van der Waals surface area contributed by atoms with Crippen LogP contribution in [0.1, 0.15) is 5.56 Å². The second-order valence-corrected chi connectivity index (χ2v) is 8.26. The lowest BCUT2D eigenvalue weighted by atomic mass is 10.2. The Labute approximate surface area is 150 Å². The molecule has 0 spiro atoms. The normalized spacial score (nSPS) is 16.9. The number of piperazine rings is 1. The fraction of sp³-hybridized carbons (Fsp3) is 0.294. The predicted molar refractivity (Wildman–Crippen MR) is 91.8 cm³/mol. The van der Waals surface area contributed by atoms with E-state index in [0.717, 1.165) is 23.8 Å². The molecule has 0 aromatic heterocycles. The molecule has 2 aromatic rings. The molecule has 1 aliphatic rings. The summed E-state index contributed by atoms with van der Waals surface area (Å²) in [5.74, 6) is -2.23. The van der Waals surface area contributed by atoms with Crippen molar-refractivity contribution in [3.63, 3.8) is 0 Å². The van der Waals surface area contributed by atoms with E-state index in [1.54, 1.807) is 0 Å². The molecule has 0 aliphatic carbocycles. The van der Waals surface area contributed by atoms with Crippen molar-refractivity contribution in [3.8, 4) is 0 Å². The molecule has 0 bridgehead atoms. The molecule has 1 aliphatic heterocycles. The minimum Gasteiger partial charge on any atom is -0.296 e. The van der Waals surface area contributed by atoms with E-state index in [1.165, 1.54) is 4.31 Å². The number of halogens is 3. The number of benzene rings is 2. The minimum absolute atomic E-state index is 0.224. The number of hydrogen-bond donors (Lipinski definition) is 0. The summed E-state index contributed by atoms with van der Waals surface area (Å²) in [6.45, 7) is 2.43. The molecule has 0 unspecified atom stereocenters. The van der Waals surface area contributed by atoms with Gasteiger partial charge in [-0.3, -0.25) is 4.90 Å². The van der Waals surface area contributed by atoms with Gasteiger partial charge in [0, 0.05) is 37.7 Å². The Morgan fingerprint density at radius 1 is 0.920 bits per heavy atom. The first-order valence-electron chi connectivity index (χ1n) is 7.78. The molecule has 3 rings (SSSR count). The molecule has 134 valence electrons. The van der Waals surface area contributed by atoms with E-state index in [2.05, 4.69) is 4.90 Å². The van der Waals surface area contributed by atoms with Crippen LogP contribution in [0.15, 0.2) is 47.4 Å². The van der Waals surface area contributed by atoms with E-state index in [9.17, 15) is 17.2 Å². The first-order valence-corrected chi connectivity index (χ1v) is 9.60. The second kappa shape index (κ2) is 7.37. The van der Waals surface area contributed by atoms with Crippen molar-refractivity contribution < 1.29 is 17.2 Å². The van der Waals surface area contributed by atoms with Gasteiger partial charge in [-0.25, -0.2) is 17.2 Å². The van der Waals surface area contributed by atoms with Gasteiger partial charge in [0.2, 0.25) is 10.0 Å². The Kier molecular flexibility index (Phi) is 5.38. The van der Waals surface area contributed by atoms with Gasteiger partial charge >= 0.3 is 0 Å². The summed E-state index contributed by atoms with van der Waals surface area (Å²) in [7, 11) is -3.82. The Morgan fingerprint density at radius 2 is 1.56 bits per heavy atom. The van der Waals surface area contributed by atoms with Gasteiger partial charge in [0.05, 0.1) is 4.90 Å². The SMILES string of the molecule is O=S(=O)(c1ccc(F)c(F)c1)N1CCN(Cc2ccc(Cl)cc2)CC1. The van der Waals surface area contributed by atoms with Gasteiger partial charge in [-0.15, -0.1) is 0 Å². The van der Waals surface area contributed by atoms with Gasteiger partial charge in [-0.1, -0.05) is 23.7 Å². The van der Waals surface area contributed by atoms with Crippen molar-refractivity contribution in [2.24, 2.45) is 0 Å². The van der Waals surface area contributed by atoms with Gasteiger partial charge < -0.3 is 0 Å². The third-order valence-electron chi connectivity index (χ3n) is 4.18. The Bertz CT molecular complexity index is 851. The van der Waals surface area contributed by atoms with Crippen molar-refractivity contribution in [3.05, 3.63) is 64.7 Å². The highest BCUT2D eigenvalue weighted by molar-refractivity contribution is 7.89. The van der Waals surface area contributed by atoms with E-state index >= 15 is 0 Å². The fourth-order valence-corrected chi connectivity index (χ4v) is 4.32. The molecule has 2 aromatic carbocycles. The molecular weight excluding hydrogens is 370 g/mol. The smallest absolute Gasteiger partial charge is 0.243 e. The molecular formula is C17H17ClF2N2O2S. The summed E-state index contributed by atoms with van der Waals surface area (Å²) >= 11 is 5.87. The molecule has 0 atom stereocenters. The molecule has 1 fully saturated rings. The summed E-state index contributed by atoms with van der Waals surface area (Å²) in [6, 6.07) is 10.2. The topological polar surface area (TPSA) is 40.6 Å². The molecule has 0 N–H and O–H groups in total. The van der Waals surface area contributed by atoms with Gasteiger partial charge in [0.15, 0.2) is 11.6 Å². The van der Waals surface area contributed by atoms with Gasteiger partial charge in [0.25, 0.3) is 0 Å². The fourth-order valence-electron chi connectivity index (χ4n) is 2.76. The molecule has 25 heavy (non-hydrogen) atoms. The van der Waals surface area contributed by atoms with Crippen LogP contribution in [0, 0.1) is 11.6 Å². The van der Waals surface area contributed by atoms with Crippen LogP contribution in [0.25, 0.3) is 0 Å². The van der Waals surface area contributed by atoms with Crippen molar-refractivity contribution in [2.45, 2.75) is 11.4 Å². The van der Waals surface area contributed by atoms with E-state index in [-0.39, 0.29) is 4.90 Å². The minimum atomic E-state index is -3.82. The van der Waals surface area contributed by atoms with E-state index in [0.29, 0.717) is 37.7 Å². The van der Waals surface area contributed by atoms with Crippen LogP contribution in [0.2, 0.25) is 5.02 Å². The van der Waals surface area contributed by atoms with Gasteiger partial charge in [-0.05, 0) is 35.9 Å². The number of rotatable bonds is 4. The van der Waals surface area contributed by atoms with Crippen molar-refractivity contribution in [1.29, 1.82) is 0 Å². The van der Waals surface area contributed by atoms with Crippen molar-refractivity contribution >= 4 is 21.6 Å². The van der Waals surface area contributed by atoms with E-state index in [4.69, 9.17) is 11.6 Å². The van der Waals surface area contributed by atoms with Crippen LogP contribution in [-0.4, -0.2) is 43.8 Å².